The van der Waals surface area contributed by atoms with Crippen molar-refractivity contribution in [1.29, 1.82) is 0 Å². The number of ether oxygens (including phenoxy) is 2. The summed E-state index contributed by atoms with van der Waals surface area (Å²) in [6, 6.07) is -1.49. The van der Waals surface area contributed by atoms with E-state index in [2.05, 4.69) is 123 Å². The first-order valence-corrected chi connectivity index (χ1v) is 26.4. The summed E-state index contributed by atoms with van der Waals surface area (Å²) in [4.78, 5) is 33.7. The third-order valence-electron chi connectivity index (χ3n) is 10.0. The Morgan fingerprint density at radius 1 is 0.508 bits per heavy atom. The highest BCUT2D eigenvalue weighted by atomic mass is 31.2. The minimum absolute atomic E-state index is 0.0335. The van der Waals surface area contributed by atoms with Gasteiger partial charge in [0.2, 0.25) is 0 Å². The number of rotatable bonds is 46. The fourth-order valence-corrected chi connectivity index (χ4v) is 6.99. The number of unbranched alkanes of at least 4 members (excludes halogenated alkanes) is 14. The Kier molecular flexibility index (Phi) is 46.0. The van der Waals surface area contributed by atoms with Gasteiger partial charge in [-0.05, 0) is 96.3 Å². The van der Waals surface area contributed by atoms with E-state index in [4.69, 9.17) is 29.4 Å². The number of aliphatic carboxylic acids is 1. The predicted octanol–water partition coefficient (Wildman–Crippen LogP) is 14.6. The quantitative estimate of drug-likeness (QED) is 0.0233. The van der Waals surface area contributed by atoms with Gasteiger partial charge in [-0.1, -0.05) is 187 Å². The number of phosphoric ester groups is 1. The Balaban J connectivity index is 4.30. The second-order valence-corrected chi connectivity index (χ2v) is 17.7. The third-order valence-corrected chi connectivity index (χ3v) is 11.0. The van der Waals surface area contributed by atoms with Gasteiger partial charge in [0, 0.05) is 13.0 Å². The maximum Gasteiger partial charge on any atom is 0.472 e. The van der Waals surface area contributed by atoms with Gasteiger partial charge in [-0.25, -0.2) is 4.57 Å². The van der Waals surface area contributed by atoms with Crippen LogP contribution in [0.2, 0.25) is 0 Å². The van der Waals surface area contributed by atoms with Crippen LogP contribution in [0.1, 0.15) is 181 Å². The summed E-state index contributed by atoms with van der Waals surface area (Å²) in [6.45, 7) is 3.58. The lowest BCUT2D eigenvalue weighted by Gasteiger charge is -2.20. The fraction of sp³-hybridized carbons (Fsp3) is 0.630. The van der Waals surface area contributed by atoms with Gasteiger partial charge >= 0.3 is 19.8 Å². The molecule has 0 saturated carbocycles. The molecule has 3 atom stereocenters. The number of allylic oxidation sites excluding steroid dienone is 18. The first-order chi connectivity index (χ1) is 31.7. The van der Waals surface area contributed by atoms with Gasteiger partial charge in [0.15, 0.2) is 0 Å². The fourth-order valence-electron chi connectivity index (χ4n) is 6.21. The number of hydrogen-bond acceptors (Lipinski definition) is 8. The topological polar surface area (TPSA) is 155 Å². The molecule has 3 unspecified atom stereocenters. The summed E-state index contributed by atoms with van der Waals surface area (Å²) >= 11 is 0. The van der Waals surface area contributed by atoms with Crippen molar-refractivity contribution in [3.8, 4) is 0 Å². The number of carboxylic acids is 1. The number of phosphoric acid groups is 1. The Hall–Kier alpha value is -3.37. The van der Waals surface area contributed by atoms with Crippen LogP contribution in [0.15, 0.2) is 109 Å². The second-order valence-electron chi connectivity index (χ2n) is 16.2. The number of carboxylic acid groups (broad SMARTS) is 1. The van der Waals surface area contributed by atoms with E-state index in [9.17, 15) is 19.0 Å². The molecule has 0 spiro atoms. The van der Waals surface area contributed by atoms with Crippen LogP contribution in [0.4, 0.5) is 0 Å². The minimum Gasteiger partial charge on any atom is -0.480 e. The SMILES string of the molecule is CC/C=C\C/C=C\C/C=C\C/C=C\C/C=C\C/C=C\CCCOCC(COP(=O)(O)OCC(N)C(=O)O)OC(=O)CCCCCCCCCC/C=C\C/C=C\C/C=C\CCCCCCC. The normalized spacial score (nSPS) is 14.6. The molecule has 0 aliphatic rings. The van der Waals surface area contributed by atoms with Crippen molar-refractivity contribution >= 4 is 19.8 Å². The van der Waals surface area contributed by atoms with E-state index < -0.39 is 45.1 Å². The standard InChI is InChI=1S/C54H90NO9P/c1-3-5-7-9-11-13-15-17-19-21-23-25-26-27-28-30-32-34-36-38-40-42-44-46-53(56)64-51(49-62-65(59,60)63-50-52(55)54(57)58)48-61-47-45-43-41-39-37-35-33-31-29-24-22-20-18-16-14-12-10-8-6-4-2/h6,8,12,14-15,17-18,20-21,23-24,26-27,29,33,35,39,41,51-52H,3-5,7,9-11,13,16,19,22,25,28,30-32,34,36-38,40,42-50,55H2,1-2H3,(H,57,58)(H,59,60)/b8-6-,14-12-,17-15-,20-18-,23-21-,27-26-,29-24-,35-33-,41-39-. The molecule has 0 fully saturated rings. The lowest BCUT2D eigenvalue weighted by Crippen LogP contribution is -2.34. The summed E-state index contributed by atoms with van der Waals surface area (Å²) in [7, 11) is -4.65. The van der Waals surface area contributed by atoms with Gasteiger partial charge in [0.1, 0.15) is 12.1 Å². The zero-order chi connectivity index (χ0) is 47.6. The Morgan fingerprint density at radius 3 is 1.34 bits per heavy atom. The van der Waals surface area contributed by atoms with E-state index in [-0.39, 0.29) is 13.0 Å². The van der Waals surface area contributed by atoms with E-state index in [0.29, 0.717) is 13.0 Å². The Labute approximate surface area is 395 Å². The van der Waals surface area contributed by atoms with Crippen molar-refractivity contribution in [1.82, 2.24) is 0 Å². The number of carbonyl (C=O) groups excluding carboxylic acids is 1. The maximum atomic E-state index is 12.7. The van der Waals surface area contributed by atoms with Crippen LogP contribution in [0.3, 0.4) is 0 Å². The molecule has 10 nitrogen and oxygen atoms in total. The van der Waals surface area contributed by atoms with Gasteiger partial charge in [0.25, 0.3) is 0 Å². The number of carbonyl (C=O) groups is 2. The van der Waals surface area contributed by atoms with Crippen LogP contribution in [0.25, 0.3) is 0 Å². The van der Waals surface area contributed by atoms with Crippen LogP contribution in [0.5, 0.6) is 0 Å². The van der Waals surface area contributed by atoms with Gasteiger partial charge in [-0.15, -0.1) is 0 Å². The summed E-state index contributed by atoms with van der Waals surface area (Å²) in [5.74, 6) is -1.82. The zero-order valence-electron chi connectivity index (χ0n) is 40.5. The molecule has 0 heterocycles. The summed E-state index contributed by atoms with van der Waals surface area (Å²) < 4.78 is 33.4. The van der Waals surface area contributed by atoms with Crippen LogP contribution < -0.4 is 5.73 Å². The number of hydrogen-bond donors (Lipinski definition) is 3. The summed E-state index contributed by atoms with van der Waals surface area (Å²) in [5, 5.41) is 8.92. The number of esters is 1. The molecule has 11 heteroatoms. The molecule has 0 aliphatic carbocycles. The van der Waals surface area contributed by atoms with Crippen LogP contribution in [0, 0.1) is 0 Å². The molecular formula is C54H90NO9P. The van der Waals surface area contributed by atoms with E-state index in [1.54, 1.807) is 0 Å². The summed E-state index contributed by atoms with van der Waals surface area (Å²) in [6.07, 6.45) is 65.8. The molecule has 0 bridgehead atoms. The van der Waals surface area contributed by atoms with Crippen LogP contribution >= 0.6 is 7.82 Å². The molecule has 0 aliphatic heterocycles. The first-order valence-electron chi connectivity index (χ1n) is 24.9. The predicted molar refractivity (Wildman–Crippen MR) is 272 cm³/mol. The van der Waals surface area contributed by atoms with Crippen LogP contribution in [-0.4, -0.2) is 60.5 Å². The average Bonchev–Trinajstić information content (AvgIpc) is 3.29. The summed E-state index contributed by atoms with van der Waals surface area (Å²) in [5.41, 5.74) is 5.37. The van der Waals surface area contributed by atoms with Crippen molar-refractivity contribution in [2.75, 3.05) is 26.4 Å². The second kappa shape index (κ2) is 48.6. The molecule has 0 aromatic heterocycles. The van der Waals surface area contributed by atoms with E-state index in [1.165, 1.54) is 64.2 Å². The van der Waals surface area contributed by atoms with E-state index in [0.717, 1.165) is 89.9 Å². The van der Waals surface area contributed by atoms with Crippen molar-refractivity contribution in [3.05, 3.63) is 109 Å². The molecule has 370 valence electrons. The lowest BCUT2D eigenvalue weighted by atomic mass is 10.1. The lowest BCUT2D eigenvalue weighted by molar-refractivity contribution is -0.154. The Bertz CT molecular complexity index is 1440. The molecule has 0 radical (unpaired) electrons. The largest absolute Gasteiger partial charge is 0.480 e. The highest BCUT2D eigenvalue weighted by Crippen LogP contribution is 2.43. The molecule has 0 aromatic carbocycles. The van der Waals surface area contributed by atoms with E-state index >= 15 is 0 Å². The zero-order valence-corrected chi connectivity index (χ0v) is 41.4. The van der Waals surface area contributed by atoms with Crippen LogP contribution in [-0.2, 0) is 32.7 Å². The Morgan fingerprint density at radius 2 is 0.892 bits per heavy atom. The van der Waals surface area contributed by atoms with Gasteiger partial charge < -0.3 is 25.2 Å². The van der Waals surface area contributed by atoms with E-state index in [1.807, 2.05) is 0 Å². The van der Waals surface area contributed by atoms with Gasteiger partial charge in [-0.2, -0.15) is 0 Å². The minimum atomic E-state index is -4.65. The van der Waals surface area contributed by atoms with Crippen molar-refractivity contribution in [2.45, 2.75) is 193 Å². The molecule has 0 amide bonds. The molecule has 0 rings (SSSR count). The van der Waals surface area contributed by atoms with Crippen molar-refractivity contribution in [3.63, 3.8) is 0 Å². The number of nitrogens with two attached hydrogens (primary N) is 1. The monoisotopic (exact) mass is 928 g/mol. The van der Waals surface area contributed by atoms with Crippen molar-refractivity contribution < 1.29 is 42.7 Å². The molecule has 0 aromatic rings. The van der Waals surface area contributed by atoms with Gasteiger partial charge in [-0.3, -0.25) is 18.6 Å². The third kappa shape index (κ3) is 48.4. The van der Waals surface area contributed by atoms with Gasteiger partial charge in [0.05, 0.1) is 19.8 Å². The highest BCUT2D eigenvalue weighted by molar-refractivity contribution is 7.47. The average molecular weight is 928 g/mol. The molecular weight excluding hydrogens is 838 g/mol. The highest BCUT2D eigenvalue weighted by Gasteiger charge is 2.27. The maximum absolute atomic E-state index is 12.7. The molecule has 4 N–H and O–H groups in total. The smallest absolute Gasteiger partial charge is 0.472 e. The molecule has 0 saturated heterocycles. The first kappa shape index (κ1) is 61.6. The molecule has 65 heavy (non-hydrogen) atoms. The van der Waals surface area contributed by atoms with Crippen molar-refractivity contribution in [2.24, 2.45) is 5.73 Å².